The Morgan fingerprint density at radius 2 is 1.87 bits per heavy atom. The highest BCUT2D eigenvalue weighted by molar-refractivity contribution is 5.88. The summed E-state index contributed by atoms with van der Waals surface area (Å²) >= 11 is 0. The summed E-state index contributed by atoms with van der Waals surface area (Å²) in [4.78, 5) is 10.7. The Morgan fingerprint density at radius 1 is 1.27 bits per heavy atom. The minimum atomic E-state index is -2.56. The van der Waals surface area contributed by atoms with Crippen molar-refractivity contribution in [2.24, 2.45) is 0 Å². The lowest BCUT2D eigenvalue weighted by molar-refractivity contribution is 0.0696. The molecule has 2 nitrogen and oxygen atoms in total. The second kappa shape index (κ2) is 4.38. The Bertz CT molecular complexity index is 373. The molecule has 15 heavy (non-hydrogen) atoms. The van der Waals surface area contributed by atoms with Gasteiger partial charge in [0.25, 0.3) is 6.43 Å². The minimum absolute atomic E-state index is 0.0445. The molecule has 0 amide bonds. The van der Waals surface area contributed by atoms with Crippen molar-refractivity contribution in [1.29, 1.82) is 0 Å². The zero-order chi connectivity index (χ0) is 11.6. The van der Waals surface area contributed by atoms with Gasteiger partial charge >= 0.3 is 5.97 Å². The number of aromatic carboxylic acids is 1. The van der Waals surface area contributed by atoms with Crippen molar-refractivity contribution in [2.45, 2.75) is 26.2 Å². The number of benzene rings is 1. The number of hydrogen-bond acceptors (Lipinski definition) is 1. The summed E-state index contributed by atoms with van der Waals surface area (Å²) in [6, 6.07) is 3.70. The highest BCUT2D eigenvalue weighted by Gasteiger charge is 2.17. The Balaban J connectivity index is 3.27. The summed E-state index contributed by atoms with van der Waals surface area (Å²) in [5, 5.41) is 8.73. The molecular weight excluding hydrogens is 202 g/mol. The third-order valence-corrected chi connectivity index (χ3v) is 2.19. The standard InChI is InChI=1S/C11H12F2O2/c1-6(2)9-5-7(11(14)15)3-4-8(9)10(12)13/h3-6,10H,1-2H3,(H,14,15). The summed E-state index contributed by atoms with van der Waals surface area (Å²) in [5.41, 5.74) is 0.350. The third kappa shape index (κ3) is 2.52. The van der Waals surface area contributed by atoms with Crippen LogP contribution in [0.2, 0.25) is 0 Å². The lowest BCUT2D eigenvalue weighted by atomic mass is 9.95. The highest BCUT2D eigenvalue weighted by atomic mass is 19.3. The van der Waals surface area contributed by atoms with Crippen LogP contribution in [0.25, 0.3) is 0 Å². The number of alkyl halides is 2. The predicted octanol–water partition coefficient (Wildman–Crippen LogP) is 3.45. The summed E-state index contributed by atoms with van der Waals surface area (Å²) in [7, 11) is 0. The van der Waals surface area contributed by atoms with Crippen LogP contribution in [0.1, 0.15) is 47.7 Å². The van der Waals surface area contributed by atoms with E-state index in [1.807, 2.05) is 0 Å². The van der Waals surface area contributed by atoms with E-state index in [2.05, 4.69) is 0 Å². The van der Waals surface area contributed by atoms with E-state index in [0.717, 1.165) is 0 Å². The molecule has 0 radical (unpaired) electrons. The van der Waals surface area contributed by atoms with E-state index in [1.54, 1.807) is 13.8 Å². The zero-order valence-electron chi connectivity index (χ0n) is 8.50. The van der Waals surface area contributed by atoms with Gasteiger partial charge in [-0.1, -0.05) is 19.9 Å². The molecule has 0 saturated heterocycles. The zero-order valence-corrected chi connectivity index (χ0v) is 8.50. The SMILES string of the molecule is CC(C)c1cc(C(=O)O)ccc1C(F)F. The van der Waals surface area contributed by atoms with Crippen LogP contribution < -0.4 is 0 Å². The van der Waals surface area contributed by atoms with Crippen molar-refractivity contribution in [1.82, 2.24) is 0 Å². The number of halogens is 2. The highest BCUT2D eigenvalue weighted by Crippen LogP contribution is 2.29. The van der Waals surface area contributed by atoms with Crippen LogP contribution in [0.4, 0.5) is 8.78 Å². The summed E-state index contributed by atoms with van der Waals surface area (Å²) in [6.45, 7) is 3.51. The first-order valence-corrected chi connectivity index (χ1v) is 4.58. The lowest BCUT2D eigenvalue weighted by Gasteiger charge is -2.12. The Labute approximate surface area is 86.5 Å². The molecule has 0 spiro atoms. The van der Waals surface area contributed by atoms with Crippen LogP contribution in [0.15, 0.2) is 18.2 Å². The van der Waals surface area contributed by atoms with Gasteiger partial charge in [-0.3, -0.25) is 0 Å². The summed E-state index contributed by atoms with van der Waals surface area (Å²) < 4.78 is 25.1. The molecule has 0 aromatic heterocycles. The smallest absolute Gasteiger partial charge is 0.335 e. The van der Waals surface area contributed by atoms with E-state index in [0.29, 0.717) is 5.56 Å². The van der Waals surface area contributed by atoms with E-state index < -0.39 is 12.4 Å². The van der Waals surface area contributed by atoms with Gasteiger partial charge in [0.15, 0.2) is 0 Å². The molecule has 0 aliphatic heterocycles. The number of hydrogen-bond donors (Lipinski definition) is 1. The van der Waals surface area contributed by atoms with E-state index in [4.69, 9.17) is 5.11 Å². The van der Waals surface area contributed by atoms with Crippen LogP contribution in [0, 0.1) is 0 Å². The molecule has 0 heterocycles. The fraction of sp³-hybridized carbons (Fsp3) is 0.364. The fourth-order valence-electron chi connectivity index (χ4n) is 1.41. The average Bonchev–Trinajstić information content (AvgIpc) is 2.16. The van der Waals surface area contributed by atoms with E-state index in [1.165, 1.54) is 18.2 Å². The molecule has 0 unspecified atom stereocenters. The van der Waals surface area contributed by atoms with Crippen molar-refractivity contribution < 1.29 is 18.7 Å². The van der Waals surface area contributed by atoms with Gasteiger partial charge in [0.1, 0.15) is 0 Å². The Morgan fingerprint density at radius 3 is 2.27 bits per heavy atom. The molecular formula is C11H12F2O2. The predicted molar refractivity (Wildman–Crippen MR) is 52.4 cm³/mol. The van der Waals surface area contributed by atoms with Crippen molar-refractivity contribution in [3.63, 3.8) is 0 Å². The molecule has 0 aliphatic carbocycles. The molecule has 1 rings (SSSR count). The molecule has 0 atom stereocenters. The van der Waals surface area contributed by atoms with Crippen molar-refractivity contribution in [3.05, 3.63) is 34.9 Å². The first kappa shape index (κ1) is 11.6. The second-order valence-corrected chi connectivity index (χ2v) is 3.60. The van der Waals surface area contributed by atoms with Gasteiger partial charge in [0.05, 0.1) is 5.56 Å². The number of carbonyl (C=O) groups is 1. The maximum Gasteiger partial charge on any atom is 0.335 e. The second-order valence-electron chi connectivity index (χ2n) is 3.60. The Kier molecular flexibility index (Phi) is 3.39. The van der Waals surface area contributed by atoms with Gasteiger partial charge in [-0.15, -0.1) is 0 Å². The summed E-state index contributed by atoms with van der Waals surface area (Å²) in [6.07, 6.45) is -2.56. The van der Waals surface area contributed by atoms with Gasteiger partial charge in [0.2, 0.25) is 0 Å². The van der Waals surface area contributed by atoms with Gasteiger partial charge in [0, 0.05) is 5.56 Å². The maximum atomic E-state index is 12.6. The lowest BCUT2D eigenvalue weighted by Crippen LogP contribution is -2.02. The van der Waals surface area contributed by atoms with Crippen LogP contribution >= 0.6 is 0 Å². The average molecular weight is 214 g/mol. The van der Waals surface area contributed by atoms with Gasteiger partial charge in [-0.2, -0.15) is 0 Å². The first-order valence-electron chi connectivity index (χ1n) is 4.58. The van der Waals surface area contributed by atoms with E-state index >= 15 is 0 Å². The van der Waals surface area contributed by atoms with Crippen molar-refractivity contribution >= 4 is 5.97 Å². The van der Waals surface area contributed by atoms with Gasteiger partial charge in [-0.05, 0) is 23.6 Å². The van der Waals surface area contributed by atoms with E-state index in [-0.39, 0.29) is 17.0 Å². The molecule has 0 fully saturated rings. The monoisotopic (exact) mass is 214 g/mol. The molecule has 4 heteroatoms. The quantitative estimate of drug-likeness (QED) is 0.836. The first-order chi connectivity index (χ1) is 6.93. The van der Waals surface area contributed by atoms with E-state index in [9.17, 15) is 13.6 Å². The van der Waals surface area contributed by atoms with Crippen LogP contribution in [-0.2, 0) is 0 Å². The number of carboxylic acid groups (broad SMARTS) is 1. The topological polar surface area (TPSA) is 37.3 Å². The number of rotatable bonds is 3. The van der Waals surface area contributed by atoms with Crippen LogP contribution in [-0.4, -0.2) is 11.1 Å². The molecule has 1 aromatic carbocycles. The van der Waals surface area contributed by atoms with Gasteiger partial charge in [-0.25, -0.2) is 13.6 Å². The van der Waals surface area contributed by atoms with Crippen molar-refractivity contribution in [2.75, 3.05) is 0 Å². The van der Waals surface area contributed by atoms with Crippen LogP contribution in [0.5, 0.6) is 0 Å². The van der Waals surface area contributed by atoms with Crippen LogP contribution in [0.3, 0.4) is 0 Å². The molecule has 1 aromatic rings. The normalized spacial score (nSPS) is 11.1. The maximum absolute atomic E-state index is 12.6. The number of carboxylic acids is 1. The van der Waals surface area contributed by atoms with Crippen molar-refractivity contribution in [3.8, 4) is 0 Å². The fourth-order valence-corrected chi connectivity index (χ4v) is 1.41. The molecule has 1 N–H and O–H groups in total. The molecule has 82 valence electrons. The molecule has 0 saturated carbocycles. The molecule has 0 aliphatic rings. The minimum Gasteiger partial charge on any atom is -0.478 e. The summed E-state index contributed by atoms with van der Waals surface area (Å²) in [5.74, 6) is -1.22. The largest absolute Gasteiger partial charge is 0.478 e. The third-order valence-electron chi connectivity index (χ3n) is 2.19. The molecule has 0 bridgehead atoms. The Hall–Kier alpha value is -1.45. The van der Waals surface area contributed by atoms with Gasteiger partial charge < -0.3 is 5.11 Å².